The molecule has 1 aliphatic rings. The van der Waals surface area contributed by atoms with Crippen LogP contribution in [0.1, 0.15) is 19.4 Å². The Morgan fingerprint density at radius 3 is 1.43 bits per heavy atom. The SMILES string of the molecule is CCOC1=[O+][B-](c2cc(F)c(F)c(F)c2)(c2cc(F)c(F)c(F)c2)OC(C)=C1c1cc(F)c(F)c(F)c1. The first kappa shape index (κ1) is 26.2. The smallest absolute Gasteiger partial charge is 0.534 e. The molecule has 4 rings (SSSR count). The van der Waals surface area contributed by atoms with Gasteiger partial charge in [-0.25, -0.2) is 39.5 Å². The number of rotatable bonds is 4. The number of hydrogen-bond acceptors (Lipinski definition) is 2. The van der Waals surface area contributed by atoms with Crippen molar-refractivity contribution in [1.29, 1.82) is 0 Å². The summed E-state index contributed by atoms with van der Waals surface area (Å²) in [7, 11) is 0. The zero-order valence-electron chi connectivity index (χ0n) is 18.9. The summed E-state index contributed by atoms with van der Waals surface area (Å²) in [6.45, 7) is -1.18. The summed E-state index contributed by atoms with van der Waals surface area (Å²) in [6, 6.07) is 2.87. The van der Waals surface area contributed by atoms with E-state index in [4.69, 9.17) is 13.7 Å². The van der Waals surface area contributed by atoms with Crippen LogP contribution in [-0.4, -0.2) is 19.1 Å². The fraction of sp³-hybridized carbons (Fsp3) is 0.125. The number of benzene rings is 3. The predicted octanol–water partition coefficient (Wildman–Crippen LogP) is 5.06. The molecule has 0 aromatic heterocycles. The summed E-state index contributed by atoms with van der Waals surface area (Å²) in [5.41, 5.74) is -1.90. The zero-order chi connectivity index (χ0) is 27.2. The molecule has 0 fully saturated rings. The first-order chi connectivity index (χ1) is 17.4. The monoisotopic (exact) mass is 532 g/mol. The third kappa shape index (κ3) is 4.42. The summed E-state index contributed by atoms with van der Waals surface area (Å²) >= 11 is 0. The molecule has 1 aliphatic heterocycles. The van der Waals surface area contributed by atoms with Crippen molar-refractivity contribution in [2.45, 2.75) is 13.8 Å². The molecule has 0 spiro atoms. The number of allylic oxidation sites excluding steroid dienone is 1. The van der Waals surface area contributed by atoms with Gasteiger partial charge in [0.15, 0.2) is 64.5 Å². The third-order valence-electron chi connectivity index (χ3n) is 5.61. The maximum atomic E-state index is 14.2. The van der Waals surface area contributed by atoms with E-state index in [9.17, 15) is 39.5 Å². The molecule has 0 saturated carbocycles. The third-order valence-corrected chi connectivity index (χ3v) is 5.61. The largest absolute Gasteiger partial charge is 0.654 e. The Bertz CT molecular complexity index is 1360. The van der Waals surface area contributed by atoms with Crippen LogP contribution in [0.15, 0.2) is 42.2 Å². The minimum Gasteiger partial charge on any atom is -0.654 e. The van der Waals surface area contributed by atoms with Crippen molar-refractivity contribution in [3.05, 3.63) is 100 Å². The molecular formula is C24H14BF9O3. The van der Waals surface area contributed by atoms with Crippen molar-refractivity contribution < 1.29 is 53.2 Å². The van der Waals surface area contributed by atoms with E-state index in [2.05, 4.69) is 0 Å². The Kier molecular flexibility index (Phi) is 6.74. The van der Waals surface area contributed by atoms with E-state index in [1.165, 1.54) is 13.8 Å². The van der Waals surface area contributed by atoms with Crippen molar-refractivity contribution in [3.8, 4) is 0 Å². The molecule has 0 amide bonds. The number of esters is 1. The van der Waals surface area contributed by atoms with Gasteiger partial charge in [0.25, 0.3) is 0 Å². The van der Waals surface area contributed by atoms with Crippen LogP contribution in [-0.2, 0) is 13.7 Å². The molecule has 0 saturated heterocycles. The second-order valence-corrected chi connectivity index (χ2v) is 7.95. The molecule has 13 heteroatoms. The van der Waals surface area contributed by atoms with Crippen molar-refractivity contribution >= 4 is 29.0 Å². The highest BCUT2D eigenvalue weighted by molar-refractivity contribution is 6.91. The fourth-order valence-electron chi connectivity index (χ4n) is 4.00. The molecule has 0 radical (unpaired) electrons. The summed E-state index contributed by atoms with van der Waals surface area (Å²) in [6.07, 6.45) is 0. The molecule has 0 atom stereocenters. The summed E-state index contributed by atoms with van der Waals surface area (Å²) in [5.74, 6) is -16.5. The van der Waals surface area contributed by atoms with Crippen molar-refractivity contribution in [2.24, 2.45) is 0 Å². The zero-order valence-corrected chi connectivity index (χ0v) is 18.9. The normalized spacial score (nSPS) is 14.9. The Balaban J connectivity index is 2.05. The maximum absolute atomic E-state index is 14.2. The highest BCUT2D eigenvalue weighted by Gasteiger charge is 2.49. The van der Waals surface area contributed by atoms with Crippen molar-refractivity contribution in [2.75, 3.05) is 6.61 Å². The van der Waals surface area contributed by atoms with Gasteiger partial charge >= 0.3 is 12.5 Å². The number of carbonyl (C=O) groups excluding carboxylic acids is 1. The van der Waals surface area contributed by atoms with Crippen molar-refractivity contribution in [3.63, 3.8) is 0 Å². The van der Waals surface area contributed by atoms with E-state index >= 15 is 0 Å². The molecule has 37 heavy (non-hydrogen) atoms. The summed E-state index contributed by atoms with van der Waals surface area (Å²) in [4.78, 5) is 0. The first-order valence-electron chi connectivity index (χ1n) is 10.6. The quantitative estimate of drug-likeness (QED) is 0.155. The van der Waals surface area contributed by atoms with Gasteiger partial charge in [-0.2, -0.15) is 0 Å². The van der Waals surface area contributed by atoms with Crippen LogP contribution >= 0.6 is 0 Å². The fourth-order valence-corrected chi connectivity index (χ4v) is 4.00. The van der Waals surface area contributed by atoms with Crippen LogP contribution in [0.2, 0.25) is 0 Å². The summed E-state index contributed by atoms with van der Waals surface area (Å²) in [5, 5.41) is 0. The van der Waals surface area contributed by atoms with Gasteiger partial charge in [-0.3, -0.25) is 0 Å². The molecule has 194 valence electrons. The lowest BCUT2D eigenvalue weighted by Gasteiger charge is -2.38. The Labute approximate surface area is 203 Å². The van der Waals surface area contributed by atoms with E-state index in [0.29, 0.717) is 36.4 Å². The average Bonchev–Trinajstić information content (AvgIpc) is 2.83. The minimum atomic E-state index is -3.64. The second-order valence-electron chi connectivity index (χ2n) is 7.95. The number of hydrogen-bond donors (Lipinski definition) is 0. The van der Waals surface area contributed by atoms with E-state index in [-0.39, 0.29) is 23.5 Å². The van der Waals surface area contributed by atoms with E-state index < -0.39 is 75.8 Å². The van der Waals surface area contributed by atoms with E-state index in [1.807, 2.05) is 0 Å². The summed E-state index contributed by atoms with van der Waals surface area (Å²) < 4.78 is 143. The predicted molar refractivity (Wildman–Crippen MR) is 114 cm³/mol. The first-order valence-corrected chi connectivity index (χ1v) is 10.6. The lowest BCUT2D eigenvalue weighted by molar-refractivity contribution is -0.335. The molecular weight excluding hydrogens is 518 g/mol. The van der Waals surface area contributed by atoms with Gasteiger partial charge in [0.1, 0.15) is 0 Å². The van der Waals surface area contributed by atoms with Gasteiger partial charge in [0.2, 0.25) is 0 Å². The Hall–Kier alpha value is -3.90. The van der Waals surface area contributed by atoms with Gasteiger partial charge in [-0.15, -0.1) is 0 Å². The van der Waals surface area contributed by atoms with Gasteiger partial charge in [0.05, 0.1) is 5.76 Å². The maximum Gasteiger partial charge on any atom is 0.534 e. The molecule has 0 bridgehead atoms. The molecule has 3 aromatic carbocycles. The standard InChI is InChI=1S/C24H14BF9O3/c1-3-35-24-20(11-4-14(26)21(32)15(27)5-11)10(2)36-25(37-24,12-6-16(28)22(33)17(29)7-12)13-8-18(30)23(34)19(31)9-13/h4-9H,3H2,1-2H3. The molecule has 0 aliphatic carbocycles. The molecule has 3 nitrogen and oxygen atoms in total. The lowest BCUT2D eigenvalue weighted by atomic mass is 9.46. The van der Waals surface area contributed by atoms with Gasteiger partial charge in [-0.05, 0) is 50.2 Å². The molecule has 1 heterocycles. The molecule has 3 aromatic rings. The van der Waals surface area contributed by atoms with E-state index in [0.717, 1.165) is 0 Å². The minimum absolute atomic E-state index is 0.178. The van der Waals surface area contributed by atoms with Gasteiger partial charge in [-0.1, -0.05) is 10.9 Å². The molecule has 0 N–H and O–H groups in total. The lowest BCUT2D eigenvalue weighted by Crippen LogP contribution is -2.64. The van der Waals surface area contributed by atoms with Crippen molar-refractivity contribution in [1.82, 2.24) is 0 Å². The number of ether oxygens (including phenoxy) is 1. The average molecular weight is 532 g/mol. The van der Waals surface area contributed by atoms with Crippen LogP contribution in [0.4, 0.5) is 39.5 Å². The topological polar surface area (TPSA) is 29.8 Å². The highest BCUT2D eigenvalue weighted by atomic mass is 19.2. The van der Waals surface area contributed by atoms with Gasteiger partial charge < -0.3 is 13.7 Å². The van der Waals surface area contributed by atoms with Crippen LogP contribution in [0.25, 0.3) is 5.57 Å². The van der Waals surface area contributed by atoms with Crippen LogP contribution in [0.3, 0.4) is 0 Å². The Morgan fingerprint density at radius 1 is 0.676 bits per heavy atom. The van der Waals surface area contributed by atoms with E-state index in [1.54, 1.807) is 0 Å². The molecule has 0 unspecified atom stereocenters. The van der Waals surface area contributed by atoms with Crippen LogP contribution in [0, 0.1) is 52.4 Å². The van der Waals surface area contributed by atoms with Crippen LogP contribution in [0.5, 0.6) is 0 Å². The highest BCUT2D eigenvalue weighted by Crippen LogP contribution is 2.31. The van der Waals surface area contributed by atoms with Crippen LogP contribution < -0.4 is 10.9 Å². The second kappa shape index (κ2) is 9.53. The van der Waals surface area contributed by atoms with Gasteiger partial charge in [0, 0.05) is 5.56 Å². The number of halogens is 9. The Morgan fingerprint density at radius 2 is 1.05 bits per heavy atom.